The Morgan fingerprint density at radius 1 is 1.20 bits per heavy atom. The van der Waals surface area contributed by atoms with Crippen molar-refractivity contribution in [3.8, 4) is 0 Å². The topological polar surface area (TPSA) is 33.5 Å². The van der Waals surface area contributed by atoms with E-state index in [1.165, 1.54) is 0 Å². The van der Waals surface area contributed by atoms with Crippen molar-refractivity contribution in [3.05, 3.63) is 34.7 Å². The maximum atomic E-state index is 11.7. The summed E-state index contributed by atoms with van der Waals surface area (Å²) in [5.41, 5.74) is 1.31. The lowest BCUT2D eigenvalue weighted by atomic mass is 9.97. The maximum Gasteiger partial charge on any atom is 0.329 e. The van der Waals surface area contributed by atoms with Crippen LogP contribution in [0.25, 0.3) is 11.0 Å². The largest absolute Gasteiger partial charge is 0.421 e. The Morgan fingerprint density at radius 3 is 2.70 bits per heavy atom. The van der Waals surface area contributed by atoms with Crippen LogP contribution < -0.4 is 16.0 Å². The summed E-state index contributed by atoms with van der Waals surface area (Å²) in [4.78, 5) is 14.0. The van der Waals surface area contributed by atoms with Crippen LogP contribution in [0.15, 0.2) is 33.5 Å². The van der Waals surface area contributed by atoms with Gasteiger partial charge in [-0.25, -0.2) is 4.79 Å². The Labute approximate surface area is 121 Å². The van der Waals surface area contributed by atoms with E-state index >= 15 is 0 Å². The molecule has 2 aromatic rings. The van der Waals surface area contributed by atoms with E-state index in [0.29, 0.717) is 5.58 Å². The summed E-state index contributed by atoms with van der Waals surface area (Å²) in [7, 11) is 5.63. The molecular formula is C16H20BNO2. The molecule has 0 atom stereocenters. The van der Waals surface area contributed by atoms with Crippen LogP contribution in [0.2, 0.25) is 0 Å². The standard InChI is InChI=1S/C16H20BNO2/c1-3-5-10-18(9-4-2)14-8-6-7-12-11-13(17)16(19)20-15(12)14/h6-8,11H,3-5,9-10H2,1-2H3. The molecule has 20 heavy (non-hydrogen) atoms. The highest BCUT2D eigenvalue weighted by Crippen LogP contribution is 2.25. The van der Waals surface area contributed by atoms with Gasteiger partial charge in [0, 0.05) is 18.5 Å². The van der Waals surface area contributed by atoms with E-state index < -0.39 is 5.63 Å². The molecule has 2 rings (SSSR count). The second-order valence-corrected chi connectivity index (χ2v) is 5.03. The van der Waals surface area contributed by atoms with Crippen LogP contribution in [0.4, 0.5) is 5.69 Å². The number of anilines is 1. The first-order valence-electron chi connectivity index (χ1n) is 7.24. The van der Waals surface area contributed by atoms with E-state index in [1.807, 2.05) is 18.2 Å². The molecule has 1 aromatic heterocycles. The van der Waals surface area contributed by atoms with Gasteiger partial charge in [0.15, 0.2) is 5.58 Å². The van der Waals surface area contributed by atoms with Crippen LogP contribution in [0.5, 0.6) is 0 Å². The third kappa shape index (κ3) is 3.06. The lowest BCUT2D eigenvalue weighted by Crippen LogP contribution is -2.27. The summed E-state index contributed by atoms with van der Waals surface area (Å²) in [6, 6.07) is 7.59. The molecule has 0 unspecified atom stereocenters. The van der Waals surface area contributed by atoms with Gasteiger partial charge in [-0.1, -0.05) is 38.5 Å². The highest BCUT2D eigenvalue weighted by Gasteiger charge is 2.12. The third-order valence-corrected chi connectivity index (χ3v) is 3.38. The number of para-hydroxylation sites is 1. The van der Waals surface area contributed by atoms with Crippen molar-refractivity contribution in [3.63, 3.8) is 0 Å². The predicted octanol–water partition coefficient (Wildman–Crippen LogP) is 2.60. The smallest absolute Gasteiger partial charge is 0.329 e. The summed E-state index contributed by atoms with van der Waals surface area (Å²) in [6.45, 7) is 6.25. The molecule has 0 spiro atoms. The summed E-state index contributed by atoms with van der Waals surface area (Å²) < 4.78 is 5.41. The van der Waals surface area contributed by atoms with Gasteiger partial charge < -0.3 is 9.32 Å². The number of hydrogen-bond donors (Lipinski definition) is 0. The number of rotatable bonds is 6. The summed E-state index contributed by atoms with van der Waals surface area (Å²) in [5, 5.41) is 0.872. The van der Waals surface area contributed by atoms with Crippen molar-refractivity contribution in [2.75, 3.05) is 18.0 Å². The Hall–Kier alpha value is -1.71. The predicted molar refractivity (Wildman–Crippen MR) is 85.3 cm³/mol. The molecule has 1 heterocycles. The minimum absolute atomic E-state index is 0.158. The van der Waals surface area contributed by atoms with E-state index in [1.54, 1.807) is 6.07 Å². The molecular weight excluding hydrogens is 249 g/mol. The zero-order valence-corrected chi connectivity index (χ0v) is 12.2. The highest BCUT2D eigenvalue weighted by atomic mass is 16.4. The second-order valence-electron chi connectivity index (χ2n) is 5.03. The average Bonchev–Trinajstić information content (AvgIpc) is 2.44. The quantitative estimate of drug-likeness (QED) is 0.597. The molecule has 3 nitrogen and oxygen atoms in total. The summed E-state index contributed by atoms with van der Waals surface area (Å²) in [5.74, 6) is 0. The van der Waals surface area contributed by atoms with Gasteiger partial charge in [-0.15, -0.1) is 0 Å². The summed E-state index contributed by atoms with van der Waals surface area (Å²) >= 11 is 0. The Kier molecular flexibility index (Phi) is 4.88. The first-order valence-corrected chi connectivity index (χ1v) is 7.24. The van der Waals surface area contributed by atoms with Crippen molar-refractivity contribution >= 4 is 30.0 Å². The highest BCUT2D eigenvalue weighted by molar-refractivity contribution is 6.32. The second kappa shape index (κ2) is 6.64. The van der Waals surface area contributed by atoms with Gasteiger partial charge >= 0.3 is 5.63 Å². The monoisotopic (exact) mass is 269 g/mol. The molecule has 4 heteroatoms. The molecule has 0 bridgehead atoms. The van der Waals surface area contributed by atoms with Gasteiger partial charge in [0.2, 0.25) is 0 Å². The molecule has 104 valence electrons. The van der Waals surface area contributed by atoms with Crippen molar-refractivity contribution in [1.29, 1.82) is 0 Å². The van der Waals surface area contributed by atoms with Gasteiger partial charge in [-0.3, -0.25) is 0 Å². The third-order valence-electron chi connectivity index (χ3n) is 3.38. The zero-order valence-electron chi connectivity index (χ0n) is 12.2. The molecule has 0 saturated heterocycles. The van der Waals surface area contributed by atoms with Crippen LogP contribution >= 0.6 is 0 Å². The molecule has 0 aliphatic rings. The van der Waals surface area contributed by atoms with Gasteiger partial charge in [0.1, 0.15) is 7.85 Å². The first-order chi connectivity index (χ1) is 9.67. The number of benzene rings is 1. The Morgan fingerprint density at radius 2 is 2.00 bits per heavy atom. The van der Waals surface area contributed by atoms with Gasteiger partial charge in [0.05, 0.1) is 5.69 Å². The molecule has 0 amide bonds. The normalized spacial score (nSPS) is 10.9. The van der Waals surface area contributed by atoms with Gasteiger partial charge in [0.25, 0.3) is 0 Å². The van der Waals surface area contributed by atoms with Crippen LogP contribution in [-0.2, 0) is 0 Å². The Bertz CT molecular complexity index is 636. The van der Waals surface area contributed by atoms with Crippen LogP contribution in [0, 0.1) is 0 Å². The van der Waals surface area contributed by atoms with Crippen molar-refractivity contribution in [2.45, 2.75) is 33.1 Å². The van der Waals surface area contributed by atoms with Crippen molar-refractivity contribution in [1.82, 2.24) is 0 Å². The fourth-order valence-electron chi connectivity index (χ4n) is 2.37. The lowest BCUT2D eigenvalue weighted by molar-refractivity contribution is 0.564. The Balaban J connectivity index is 2.50. The minimum Gasteiger partial charge on any atom is -0.421 e. The lowest BCUT2D eigenvalue weighted by Gasteiger charge is -2.24. The molecule has 0 saturated carbocycles. The van der Waals surface area contributed by atoms with E-state index in [-0.39, 0.29) is 5.46 Å². The van der Waals surface area contributed by atoms with E-state index in [4.69, 9.17) is 12.3 Å². The fraction of sp³-hybridized carbons (Fsp3) is 0.438. The molecule has 0 N–H and O–H groups in total. The van der Waals surface area contributed by atoms with E-state index in [9.17, 15) is 4.79 Å². The SMILES string of the molecule is [B]c1cc2cccc(N(CCC)CCCC)c2oc1=O. The number of hydrogen-bond acceptors (Lipinski definition) is 3. The molecule has 2 radical (unpaired) electrons. The maximum absolute atomic E-state index is 11.7. The van der Waals surface area contributed by atoms with Gasteiger partial charge in [-0.05, 0) is 24.4 Å². The first kappa shape index (κ1) is 14.7. The summed E-state index contributed by atoms with van der Waals surface area (Å²) in [6.07, 6.45) is 3.32. The molecule has 0 fully saturated rings. The molecule has 1 aromatic carbocycles. The van der Waals surface area contributed by atoms with Crippen LogP contribution in [0.3, 0.4) is 0 Å². The van der Waals surface area contributed by atoms with Gasteiger partial charge in [-0.2, -0.15) is 0 Å². The van der Waals surface area contributed by atoms with Crippen LogP contribution in [-0.4, -0.2) is 20.9 Å². The molecule has 0 aliphatic heterocycles. The minimum atomic E-state index is -0.461. The zero-order chi connectivity index (χ0) is 14.5. The van der Waals surface area contributed by atoms with Crippen LogP contribution in [0.1, 0.15) is 33.1 Å². The number of unbranched alkanes of at least 4 members (excludes halogenated alkanes) is 1. The molecule has 0 aliphatic carbocycles. The number of nitrogens with zero attached hydrogens (tertiary/aromatic N) is 1. The van der Waals surface area contributed by atoms with E-state index in [0.717, 1.165) is 43.4 Å². The fourth-order valence-corrected chi connectivity index (χ4v) is 2.37. The van der Waals surface area contributed by atoms with Crippen molar-refractivity contribution in [2.24, 2.45) is 0 Å². The van der Waals surface area contributed by atoms with E-state index in [2.05, 4.69) is 18.7 Å². The number of fused-ring (bicyclic) bond motifs is 1. The average molecular weight is 269 g/mol. The van der Waals surface area contributed by atoms with Crippen molar-refractivity contribution < 1.29 is 4.42 Å².